The molecular formula is C14H23F3N2OS. The van der Waals surface area contributed by atoms with Gasteiger partial charge in [0.1, 0.15) is 0 Å². The van der Waals surface area contributed by atoms with Crippen LogP contribution in [0.2, 0.25) is 0 Å². The van der Waals surface area contributed by atoms with Crippen molar-refractivity contribution in [2.24, 2.45) is 0 Å². The second-order valence-electron chi connectivity index (χ2n) is 5.96. The van der Waals surface area contributed by atoms with Gasteiger partial charge in [0.15, 0.2) is 0 Å². The van der Waals surface area contributed by atoms with Gasteiger partial charge in [0.25, 0.3) is 0 Å². The van der Waals surface area contributed by atoms with Crippen LogP contribution in [0, 0.1) is 0 Å². The highest BCUT2D eigenvalue weighted by Gasteiger charge is 2.35. The Hall–Kier alpha value is -0.590. The number of nitrogens with one attached hydrogen (secondary N) is 1. The van der Waals surface area contributed by atoms with Crippen LogP contribution < -0.4 is 5.32 Å². The molecule has 2 amide bonds. The normalized spacial score (nSPS) is 26.5. The Morgan fingerprint density at radius 2 is 2.00 bits per heavy atom. The molecule has 0 unspecified atom stereocenters. The largest absolute Gasteiger partial charge is 0.390 e. The van der Waals surface area contributed by atoms with Crippen molar-refractivity contribution in [2.45, 2.75) is 68.5 Å². The van der Waals surface area contributed by atoms with Crippen LogP contribution in [0.25, 0.3) is 0 Å². The fourth-order valence-corrected chi connectivity index (χ4v) is 3.73. The third-order valence-electron chi connectivity index (χ3n) is 4.46. The third-order valence-corrected chi connectivity index (χ3v) is 5.55. The number of carbonyl (C=O) groups excluding carboxylic acids is 1. The lowest BCUT2D eigenvalue weighted by molar-refractivity contribution is -0.137. The van der Waals surface area contributed by atoms with Crippen molar-refractivity contribution in [3.05, 3.63) is 0 Å². The van der Waals surface area contributed by atoms with E-state index in [4.69, 9.17) is 0 Å². The molecule has 0 aromatic rings. The maximum absolute atomic E-state index is 12.4. The number of halogens is 3. The molecule has 0 radical (unpaired) electrons. The molecule has 2 aliphatic carbocycles. The van der Waals surface area contributed by atoms with Gasteiger partial charge >= 0.3 is 12.2 Å². The van der Waals surface area contributed by atoms with E-state index in [-0.39, 0.29) is 24.7 Å². The molecule has 0 heterocycles. The first-order valence-corrected chi connectivity index (χ1v) is 8.84. The Kier molecular flexibility index (Phi) is 5.68. The third kappa shape index (κ3) is 4.97. The minimum absolute atomic E-state index is 0.00917. The molecule has 7 heteroatoms. The topological polar surface area (TPSA) is 32.3 Å². The molecule has 2 saturated carbocycles. The monoisotopic (exact) mass is 324 g/mol. The van der Waals surface area contributed by atoms with Crippen molar-refractivity contribution in [1.82, 2.24) is 10.2 Å². The Morgan fingerprint density at radius 1 is 1.29 bits per heavy atom. The summed E-state index contributed by atoms with van der Waals surface area (Å²) in [6.07, 6.45) is 2.48. The lowest BCUT2D eigenvalue weighted by Crippen LogP contribution is -2.52. The summed E-state index contributed by atoms with van der Waals surface area (Å²) in [5.41, 5.74) is 0. The van der Waals surface area contributed by atoms with Crippen LogP contribution in [-0.4, -0.2) is 47.2 Å². The van der Waals surface area contributed by atoms with Gasteiger partial charge in [-0.1, -0.05) is 0 Å². The molecule has 0 aromatic carbocycles. The van der Waals surface area contributed by atoms with Crippen LogP contribution >= 0.6 is 11.8 Å². The van der Waals surface area contributed by atoms with Gasteiger partial charge in [0.2, 0.25) is 0 Å². The second-order valence-corrected chi connectivity index (χ2v) is 7.10. The van der Waals surface area contributed by atoms with E-state index in [2.05, 4.69) is 11.6 Å². The van der Waals surface area contributed by atoms with Crippen molar-refractivity contribution >= 4 is 17.8 Å². The van der Waals surface area contributed by atoms with Crippen LogP contribution in [0.3, 0.4) is 0 Å². The van der Waals surface area contributed by atoms with E-state index >= 15 is 0 Å². The number of rotatable bonds is 5. The average molecular weight is 324 g/mol. The number of carbonyl (C=O) groups is 1. The van der Waals surface area contributed by atoms with Crippen LogP contribution in [0.5, 0.6) is 0 Å². The summed E-state index contributed by atoms with van der Waals surface area (Å²) in [6.45, 7) is -0.224. The second kappa shape index (κ2) is 7.11. The van der Waals surface area contributed by atoms with Crippen LogP contribution in [0.1, 0.15) is 44.9 Å². The zero-order valence-corrected chi connectivity index (χ0v) is 13.1. The van der Waals surface area contributed by atoms with E-state index in [1.807, 2.05) is 0 Å². The van der Waals surface area contributed by atoms with E-state index in [0.29, 0.717) is 5.25 Å². The van der Waals surface area contributed by atoms with Gasteiger partial charge in [-0.15, -0.1) is 0 Å². The first kappa shape index (κ1) is 16.8. The van der Waals surface area contributed by atoms with Crippen LogP contribution in [0.15, 0.2) is 0 Å². The molecule has 2 atom stereocenters. The highest BCUT2D eigenvalue weighted by atomic mass is 32.2. The van der Waals surface area contributed by atoms with E-state index < -0.39 is 12.6 Å². The Balaban J connectivity index is 1.85. The zero-order valence-electron chi connectivity index (χ0n) is 12.3. The summed E-state index contributed by atoms with van der Waals surface area (Å²) in [7, 11) is 0. The molecule has 2 aliphatic rings. The van der Waals surface area contributed by atoms with Crippen molar-refractivity contribution in [3.8, 4) is 0 Å². The van der Waals surface area contributed by atoms with Gasteiger partial charge in [-0.2, -0.15) is 24.9 Å². The molecule has 3 nitrogen and oxygen atoms in total. The predicted octanol–water partition coefficient (Wildman–Crippen LogP) is 3.79. The minimum atomic E-state index is -4.21. The lowest BCUT2D eigenvalue weighted by atomic mass is 9.91. The van der Waals surface area contributed by atoms with Crippen LogP contribution in [0.4, 0.5) is 18.0 Å². The maximum Gasteiger partial charge on any atom is 0.390 e. The Labute approximate surface area is 128 Å². The van der Waals surface area contributed by atoms with Crippen molar-refractivity contribution in [3.63, 3.8) is 0 Å². The zero-order chi connectivity index (χ0) is 15.5. The Morgan fingerprint density at radius 3 is 2.48 bits per heavy atom. The van der Waals surface area contributed by atoms with Gasteiger partial charge in [-0.05, 0) is 44.8 Å². The minimum Gasteiger partial charge on any atom is -0.335 e. The lowest BCUT2D eigenvalue weighted by Gasteiger charge is -2.38. The average Bonchev–Trinajstić information content (AvgIpc) is 2.78. The van der Waals surface area contributed by atoms with Gasteiger partial charge in [-0.25, -0.2) is 4.79 Å². The summed E-state index contributed by atoms with van der Waals surface area (Å²) in [5, 5.41) is 3.49. The molecule has 21 heavy (non-hydrogen) atoms. The summed E-state index contributed by atoms with van der Waals surface area (Å²) in [4.78, 5) is 13.7. The van der Waals surface area contributed by atoms with E-state index in [0.717, 1.165) is 38.5 Å². The highest BCUT2D eigenvalue weighted by Crippen LogP contribution is 2.30. The first-order valence-electron chi connectivity index (χ1n) is 7.55. The Bertz CT molecular complexity index is 361. The standard InChI is InChI=1S/C14H23F3N2OS/c1-21-12-6-5-10(9-12)18-13(20)19(11-3-2-4-11)8-7-14(15,16)17/h10-12H,2-9H2,1H3,(H,18,20)/t10-,12-/m0/s1. The van der Waals surface area contributed by atoms with Gasteiger partial charge in [0.05, 0.1) is 6.42 Å². The number of alkyl halides is 3. The van der Waals surface area contributed by atoms with Crippen LogP contribution in [-0.2, 0) is 0 Å². The molecule has 2 fully saturated rings. The summed E-state index contributed by atoms with van der Waals surface area (Å²) in [5.74, 6) is 0. The number of hydrogen-bond acceptors (Lipinski definition) is 2. The number of nitrogens with zero attached hydrogens (tertiary/aromatic N) is 1. The fraction of sp³-hybridized carbons (Fsp3) is 0.929. The fourth-order valence-electron chi connectivity index (χ4n) is 2.94. The first-order chi connectivity index (χ1) is 9.89. The number of hydrogen-bond donors (Lipinski definition) is 1. The van der Waals surface area contributed by atoms with Gasteiger partial charge in [-0.3, -0.25) is 0 Å². The van der Waals surface area contributed by atoms with E-state index in [9.17, 15) is 18.0 Å². The molecule has 1 N–H and O–H groups in total. The molecule has 0 saturated heterocycles. The quantitative estimate of drug-likeness (QED) is 0.834. The molecule has 0 bridgehead atoms. The van der Waals surface area contributed by atoms with Gasteiger partial charge < -0.3 is 10.2 Å². The molecule has 122 valence electrons. The predicted molar refractivity (Wildman–Crippen MR) is 78.5 cm³/mol. The van der Waals surface area contributed by atoms with Crippen molar-refractivity contribution < 1.29 is 18.0 Å². The molecule has 2 rings (SSSR count). The number of urea groups is 1. The van der Waals surface area contributed by atoms with Crippen molar-refractivity contribution in [2.75, 3.05) is 12.8 Å². The van der Waals surface area contributed by atoms with Gasteiger partial charge in [0, 0.05) is 23.9 Å². The molecule has 0 aliphatic heterocycles. The molecular weight excluding hydrogens is 301 g/mol. The smallest absolute Gasteiger partial charge is 0.335 e. The summed E-state index contributed by atoms with van der Waals surface area (Å²) < 4.78 is 37.2. The SMILES string of the molecule is CS[C@H]1CC[C@H](NC(=O)N(CCC(F)(F)F)C2CCC2)C1. The molecule has 0 spiro atoms. The number of amides is 2. The summed E-state index contributed by atoms with van der Waals surface area (Å²) in [6, 6.07) is -0.204. The summed E-state index contributed by atoms with van der Waals surface area (Å²) >= 11 is 1.79. The number of thioether (sulfide) groups is 1. The highest BCUT2D eigenvalue weighted by molar-refractivity contribution is 7.99. The van der Waals surface area contributed by atoms with E-state index in [1.54, 1.807) is 11.8 Å². The van der Waals surface area contributed by atoms with Crippen molar-refractivity contribution in [1.29, 1.82) is 0 Å². The maximum atomic E-state index is 12.4. The molecule has 0 aromatic heterocycles. The van der Waals surface area contributed by atoms with E-state index in [1.165, 1.54) is 4.90 Å².